The molecule has 1 amide bonds. The molecule has 0 saturated carbocycles. The Morgan fingerprint density at radius 3 is 2.59 bits per heavy atom. The number of carbonyl (C=O) groups excluding carboxylic acids is 1. The smallest absolute Gasteiger partial charge is 0.275 e. The Morgan fingerprint density at radius 1 is 1.27 bits per heavy atom. The number of hydrogen-bond acceptors (Lipinski definition) is 3. The highest BCUT2D eigenvalue weighted by molar-refractivity contribution is 5.76. The van der Waals surface area contributed by atoms with Gasteiger partial charge in [0, 0.05) is 26.3 Å². The Bertz CT molecular complexity index is 576. The summed E-state index contributed by atoms with van der Waals surface area (Å²) < 4.78 is 5.32. The molecule has 0 unspecified atom stereocenters. The van der Waals surface area contributed by atoms with Crippen LogP contribution in [0.1, 0.15) is 24.3 Å². The number of nitrogens with zero attached hydrogens (tertiary/aromatic N) is 1. The van der Waals surface area contributed by atoms with Crippen LogP contribution in [0.5, 0.6) is 0 Å². The molecular formula is C17H24N3O2+. The summed E-state index contributed by atoms with van der Waals surface area (Å²) in [5, 5.41) is 4.90. The molecule has 0 fully saturated rings. The molecule has 0 aliphatic heterocycles. The second kappa shape index (κ2) is 7.66. The van der Waals surface area contributed by atoms with Gasteiger partial charge < -0.3 is 20.0 Å². The predicted molar refractivity (Wildman–Crippen MR) is 86.5 cm³/mol. The number of quaternary nitrogens is 1. The second-order valence-electron chi connectivity index (χ2n) is 5.58. The highest BCUT2D eigenvalue weighted by atomic mass is 16.3. The number of nitrogens with one attached hydrogen (secondary N) is 1. The summed E-state index contributed by atoms with van der Waals surface area (Å²) in [6, 6.07) is 12.1. The SMILES string of the molecule is C[C@@H]([NH2+]CC(=O)NCc1ccc(N(C)C)cc1)c1ccco1. The Morgan fingerprint density at radius 2 is 2.00 bits per heavy atom. The first-order valence-corrected chi connectivity index (χ1v) is 7.46. The lowest BCUT2D eigenvalue weighted by Gasteiger charge is -2.13. The maximum absolute atomic E-state index is 11.9. The first-order valence-electron chi connectivity index (χ1n) is 7.46. The van der Waals surface area contributed by atoms with E-state index in [9.17, 15) is 4.79 Å². The van der Waals surface area contributed by atoms with E-state index >= 15 is 0 Å². The van der Waals surface area contributed by atoms with Gasteiger partial charge in [-0.15, -0.1) is 0 Å². The van der Waals surface area contributed by atoms with Crippen molar-refractivity contribution in [3.8, 4) is 0 Å². The van der Waals surface area contributed by atoms with E-state index in [-0.39, 0.29) is 11.9 Å². The number of hydrogen-bond donors (Lipinski definition) is 2. The molecule has 22 heavy (non-hydrogen) atoms. The molecule has 0 aliphatic rings. The van der Waals surface area contributed by atoms with Crippen LogP contribution in [-0.2, 0) is 11.3 Å². The molecule has 1 heterocycles. The van der Waals surface area contributed by atoms with Gasteiger partial charge >= 0.3 is 0 Å². The van der Waals surface area contributed by atoms with Crippen molar-refractivity contribution in [2.45, 2.75) is 19.5 Å². The number of furan rings is 1. The molecule has 1 aromatic heterocycles. The normalized spacial score (nSPS) is 12.0. The topological polar surface area (TPSA) is 62.1 Å². The molecule has 0 saturated heterocycles. The minimum absolute atomic E-state index is 0.0232. The fourth-order valence-corrected chi connectivity index (χ4v) is 2.14. The van der Waals surface area contributed by atoms with Crippen LogP contribution in [0.3, 0.4) is 0 Å². The molecular weight excluding hydrogens is 278 g/mol. The first kappa shape index (κ1) is 16.1. The number of anilines is 1. The highest BCUT2D eigenvalue weighted by Crippen LogP contribution is 2.11. The van der Waals surface area contributed by atoms with E-state index in [0.717, 1.165) is 17.0 Å². The number of carbonyl (C=O) groups is 1. The zero-order valence-corrected chi connectivity index (χ0v) is 13.4. The average molecular weight is 302 g/mol. The largest absolute Gasteiger partial charge is 0.463 e. The average Bonchev–Trinajstić information content (AvgIpc) is 3.05. The van der Waals surface area contributed by atoms with Crippen molar-refractivity contribution in [3.05, 3.63) is 54.0 Å². The van der Waals surface area contributed by atoms with Crippen LogP contribution in [0.15, 0.2) is 47.1 Å². The van der Waals surface area contributed by atoms with E-state index in [2.05, 4.69) is 5.32 Å². The number of benzene rings is 1. The van der Waals surface area contributed by atoms with Crippen molar-refractivity contribution in [1.29, 1.82) is 0 Å². The quantitative estimate of drug-likeness (QED) is 0.810. The van der Waals surface area contributed by atoms with Gasteiger partial charge in [0.05, 0.1) is 6.26 Å². The summed E-state index contributed by atoms with van der Waals surface area (Å²) in [6.45, 7) is 2.96. The summed E-state index contributed by atoms with van der Waals surface area (Å²) in [6.07, 6.45) is 1.65. The molecule has 0 spiro atoms. The summed E-state index contributed by atoms with van der Waals surface area (Å²) in [5.74, 6) is 0.905. The fourth-order valence-electron chi connectivity index (χ4n) is 2.14. The van der Waals surface area contributed by atoms with Gasteiger partial charge in [0.2, 0.25) is 0 Å². The number of amides is 1. The maximum Gasteiger partial charge on any atom is 0.275 e. The van der Waals surface area contributed by atoms with Crippen LogP contribution in [0.4, 0.5) is 5.69 Å². The van der Waals surface area contributed by atoms with E-state index in [4.69, 9.17) is 4.42 Å². The van der Waals surface area contributed by atoms with Crippen LogP contribution in [0.2, 0.25) is 0 Å². The van der Waals surface area contributed by atoms with Gasteiger partial charge in [0.15, 0.2) is 12.3 Å². The lowest BCUT2D eigenvalue weighted by molar-refractivity contribution is -0.684. The van der Waals surface area contributed by atoms with E-state index in [1.165, 1.54) is 0 Å². The minimum atomic E-state index is 0.0232. The van der Waals surface area contributed by atoms with Gasteiger partial charge in [0.1, 0.15) is 6.04 Å². The van der Waals surface area contributed by atoms with Crippen molar-refractivity contribution >= 4 is 11.6 Å². The Hall–Kier alpha value is -2.27. The Kier molecular flexibility index (Phi) is 5.61. The first-order chi connectivity index (χ1) is 10.6. The molecule has 2 rings (SSSR count). The highest BCUT2D eigenvalue weighted by Gasteiger charge is 2.13. The molecule has 2 aromatic rings. The van der Waals surface area contributed by atoms with E-state index < -0.39 is 0 Å². The van der Waals surface area contributed by atoms with Crippen LogP contribution >= 0.6 is 0 Å². The zero-order chi connectivity index (χ0) is 15.9. The lowest BCUT2D eigenvalue weighted by Crippen LogP contribution is -2.86. The van der Waals surface area contributed by atoms with Crippen LogP contribution in [0.25, 0.3) is 0 Å². The third-order valence-electron chi connectivity index (χ3n) is 3.59. The Balaban J connectivity index is 1.73. The van der Waals surface area contributed by atoms with Crippen molar-refractivity contribution in [2.24, 2.45) is 0 Å². The summed E-state index contributed by atoms with van der Waals surface area (Å²) in [4.78, 5) is 13.9. The molecule has 3 N–H and O–H groups in total. The minimum Gasteiger partial charge on any atom is -0.463 e. The third kappa shape index (κ3) is 4.63. The second-order valence-corrected chi connectivity index (χ2v) is 5.58. The van der Waals surface area contributed by atoms with Crippen molar-refractivity contribution in [2.75, 3.05) is 25.5 Å². The summed E-state index contributed by atoms with van der Waals surface area (Å²) in [7, 11) is 4.01. The van der Waals surface area contributed by atoms with Crippen molar-refractivity contribution in [3.63, 3.8) is 0 Å². The number of nitrogens with two attached hydrogens (primary N) is 1. The summed E-state index contributed by atoms with van der Waals surface area (Å²) in [5.41, 5.74) is 2.24. The Labute approximate surface area is 131 Å². The van der Waals surface area contributed by atoms with E-state index in [1.54, 1.807) is 6.26 Å². The number of rotatable bonds is 7. The zero-order valence-electron chi connectivity index (χ0n) is 13.4. The standard InChI is InChI=1S/C17H23N3O2/c1-13(16-5-4-10-22-16)18-12-17(21)19-11-14-6-8-15(9-7-14)20(2)3/h4-10,13,18H,11-12H2,1-3H3,(H,19,21)/p+1/t13-/m1/s1. The molecule has 1 atom stereocenters. The van der Waals surface area contributed by atoms with Crippen molar-refractivity contribution in [1.82, 2.24) is 5.32 Å². The molecule has 5 nitrogen and oxygen atoms in total. The van der Waals surface area contributed by atoms with Crippen LogP contribution in [-0.4, -0.2) is 26.5 Å². The molecule has 0 aliphatic carbocycles. The molecule has 0 bridgehead atoms. The van der Waals surface area contributed by atoms with Gasteiger partial charge in [0.25, 0.3) is 5.91 Å². The predicted octanol–water partition coefficient (Wildman–Crippen LogP) is 1.29. The van der Waals surface area contributed by atoms with E-state index in [1.807, 2.05) is 67.6 Å². The molecule has 5 heteroatoms. The van der Waals surface area contributed by atoms with Gasteiger partial charge in [-0.25, -0.2) is 0 Å². The molecule has 0 radical (unpaired) electrons. The van der Waals surface area contributed by atoms with Gasteiger partial charge in [-0.05, 0) is 36.8 Å². The maximum atomic E-state index is 11.9. The van der Waals surface area contributed by atoms with E-state index in [0.29, 0.717) is 13.1 Å². The van der Waals surface area contributed by atoms with Gasteiger partial charge in [-0.1, -0.05) is 12.1 Å². The monoisotopic (exact) mass is 302 g/mol. The molecule has 1 aromatic carbocycles. The fraction of sp³-hybridized carbons (Fsp3) is 0.353. The van der Waals surface area contributed by atoms with Gasteiger partial charge in [-0.2, -0.15) is 0 Å². The third-order valence-corrected chi connectivity index (χ3v) is 3.59. The van der Waals surface area contributed by atoms with Crippen LogP contribution < -0.4 is 15.5 Å². The van der Waals surface area contributed by atoms with Crippen LogP contribution in [0, 0.1) is 0 Å². The van der Waals surface area contributed by atoms with Gasteiger partial charge in [-0.3, -0.25) is 4.79 Å². The summed E-state index contributed by atoms with van der Waals surface area (Å²) >= 11 is 0. The van der Waals surface area contributed by atoms with Crippen molar-refractivity contribution < 1.29 is 14.5 Å². The molecule has 118 valence electrons. The lowest BCUT2D eigenvalue weighted by atomic mass is 10.2.